The van der Waals surface area contributed by atoms with Crippen LogP contribution in [0.4, 0.5) is 0 Å². The minimum absolute atomic E-state index is 0. The second kappa shape index (κ2) is 8.32. The number of hydrogen-bond acceptors (Lipinski definition) is 3. The second-order valence-electron chi connectivity index (χ2n) is 3.62. The number of benzene rings is 1. The number of ether oxygens (including phenoxy) is 1. The smallest absolute Gasteiger partial charge is 0.332 e. The molecule has 4 nitrogen and oxygen atoms in total. The zero-order chi connectivity index (χ0) is 12.8. The molecule has 0 aliphatic rings. The predicted octanol–water partition coefficient (Wildman–Crippen LogP) is 2.64. The maximum atomic E-state index is 10.9. The van der Waals surface area contributed by atoms with E-state index in [2.05, 4.69) is 0 Å². The highest BCUT2D eigenvalue weighted by molar-refractivity contribution is 6.31. The summed E-state index contributed by atoms with van der Waals surface area (Å²) in [6.07, 6.45) is -0.972. The predicted molar refractivity (Wildman–Crippen MR) is 73.3 cm³/mol. The third-order valence-electron chi connectivity index (χ3n) is 2.44. The van der Waals surface area contributed by atoms with Crippen LogP contribution in [-0.4, -0.2) is 23.7 Å². The molecule has 0 heterocycles. The van der Waals surface area contributed by atoms with E-state index in [1.54, 1.807) is 25.1 Å². The minimum atomic E-state index is -0.988. The first-order valence-corrected chi connectivity index (χ1v) is 5.80. The highest BCUT2D eigenvalue weighted by atomic mass is 35.5. The van der Waals surface area contributed by atoms with Gasteiger partial charge < -0.3 is 15.6 Å². The number of carboxylic acids is 1. The quantitative estimate of drug-likeness (QED) is 0.846. The molecule has 0 fully saturated rings. The summed E-state index contributed by atoms with van der Waals surface area (Å²) in [7, 11) is 0. The Kier molecular flexibility index (Phi) is 7.95. The SMILES string of the molecule is CCC(OC(CN)c1ccccc1Cl)C(=O)O.Cl. The first-order valence-electron chi connectivity index (χ1n) is 5.42. The molecule has 0 aliphatic carbocycles. The third kappa shape index (κ3) is 4.46. The van der Waals surface area contributed by atoms with Crippen molar-refractivity contribution >= 4 is 30.0 Å². The molecule has 102 valence electrons. The van der Waals surface area contributed by atoms with E-state index in [4.69, 9.17) is 27.2 Å². The van der Waals surface area contributed by atoms with Crippen molar-refractivity contribution in [2.45, 2.75) is 25.6 Å². The van der Waals surface area contributed by atoms with Gasteiger partial charge in [-0.05, 0) is 12.5 Å². The van der Waals surface area contributed by atoms with Crippen LogP contribution in [0.3, 0.4) is 0 Å². The number of halogens is 2. The van der Waals surface area contributed by atoms with Gasteiger partial charge in [-0.25, -0.2) is 4.79 Å². The van der Waals surface area contributed by atoms with E-state index in [0.717, 1.165) is 5.56 Å². The number of nitrogens with two attached hydrogens (primary N) is 1. The number of carbonyl (C=O) groups is 1. The fourth-order valence-electron chi connectivity index (χ4n) is 1.52. The summed E-state index contributed by atoms with van der Waals surface area (Å²) in [5.41, 5.74) is 6.32. The number of rotatable bonds is 6. The Bertz CT molecular complexity index is 387. The Morgan fingerprint density at radius 2 is 2.11 bits per heavy atom. The Balaban J connectivity index is 0.00000289. The largest absolute Gasteiger partial charge is 0.479 e. The monoisotopic (exact) mass is 293 g/mol. The maximum absolute atomic E-state index is 10.9. The van der Waals surface area contributed by atoms with Crippen LogP contribution < -0.4 is 5.73 Å². The van der Waals surface area contributed by atoms with Gasteiger partial charge >= 0.3 is 5.97 Å². The third-order valence-corrected chi connectivity index (χ3v) is 2.79. The number of hydrogen-bond donors (Lipinski definition) is 2. The van der Waals surface area contributed by atoms with Crippen molar-refractivity contribution in [3.63, 3.8) is 0 Å². The van der Waals surface area contributed by atoms with Gasteiger partial charge in [-0.3, -0.25) is 0 Å². The zero-order valence-electron chi connectivity index (χ0n) is 10.0. The van der Waals surface area contributed by atoms with Crippen LogP contribution in [0.5, 0.6) is 0 Å². The van der Waals surface area contributed by atoms with Gasteiger partial charge in [-0.1, -0.05) is 36.7 Å². The van der Waals surface area contributed by atoms with Crippen molar-refractivity contribution in [2.24, 2.45) is 5.73 Å². The first kappa shape index (κ1) is 17.2. The molecule has 1 rings (SSSR count). The molecule has 0 amide bonds. The van der Waals surface area contributed by atoms with Crippen LogP contribution in [0.1, 0.15) is 25.0 Å². The fraction of sp³-hybridized carbons (Fsp3) is 0.417. The molecule has 1 aromatic rings. The topological polar surface area (TPSA) is 72.5 Å². The van der Waals surface area contributed by atoms with Gasteiger partial charge in [0.25, 0.3) is 0 Å². The summed E-state index contributed by atoms with van der Waals surface area (Å²) < 4.78 is 5.47. The molecular formula is C12H17Cl2NO3. The Hall–Kier alpha value is -0.810. The molecule has 18 heavy (non-hydrogen) atoms. The van der Waals surface area contributed by atoms with Gasteiger partial charge in [0, 0.05) is 17.1 Å². The molecular weight excluding hydrogens is 277 g/mol. The van der Waals surface area contributed by atoms with Crippen LogP contribution in [0, 0.1) is 0 Å². The molecule has 0 bridgehead atoms. The lowest BCUT2D eigenvalue weighted by atomic mass is 10.1. The zero-order valence-corrected chi connectivity index (χ0v) is 11.6. The second-order valence-corrected chi connectivity index (χ2v) is 4.02. The number of carboxylic acid groups (broad SMARTS) is 1. The van der Waals surface area contributed by atoms with Gasteiger partial charge in [0.05, 0.1) is 6.10 Å². The average molecular weight is 294 g/mol. The van der Waals surface area contributed by atoms with Crippen LogP contribution in [0.15, 0.2) is 24.3 Å². The summed E-state index contributed by atoms with van der Waals surface area (Å²) in [4.78, 5) is 10.9. The van der Waals surface area contributed by atoms with Crippen molar-refractivity contribution < 1.29 is 14.6 Å². The number of aliphatic carboxylic acids is 1. The van der Waals surface area contributed by atoms with E-state index in [1.165, 1.54) is 0 Å². The van der Waals surface area contributed by atoms with Gasteiger partial charge in [0.2, 0.25) is 0 Å². The molecule has 0 aromatic heterocycles. The summed E-state index contributed by atoms with van der Waals surface area (Å²) >= 11 is 6.02. The summed E-state index contributed by atoms with van der Waals surface area (Å²) in [5, 5.41) is 9.47. The normalized spacial score (nSPS) is 13.5. The molecule has 0 saturated carbocycles. The van der Waals surface area contributed by atoms with Crippen LogP contribution in [-0.2, 0) is 9.53 Å². The van der Waals surface area contributed by atoms with E-state index in [0.29, 0.717) is 11.4 Å². The van der Waals surface area contributed by atoms with Crippen molar-refractivity contribution in [1.29, 1.82) is 0 Å². The Morgan fingerprint density at radius 3 is 2.56 bits per heavy atom. The Morgan fingerprint density at radius 1 is 1.50 bits per heavy atom. The van der Waals surface area contributed by atoms with E-state index < -0.39 is 18.2 Å². The molecule has 2 atom stereocenters. The maximum Gasteiger partial charge on any atom is 0.332 e. The highest BCUT2D eigenvalue weighted by Gasteiger charge is 2.22. The van der Waals surface area contributed by atoms with Crippen LogP contribution >= 0.6 is 24.0 Å². The molecule has 6 heteroatoms. The molecule has 3 N–H and O–H groups in total. The van der Waals surface area contributed by atoms with Crippen molar-refractivity contribution in [3.05, 3.63) is 34.9 Å². The van der Waals surface area contributed by atoms with E-state index in [1.807, 2.05) is 6.07 Å². The summed E-state index contributed by atoms with van der Waals surface area (Å²) in [6.45, 7) is 1.94. The van der Waals surface area contributed by atoms with Crippen molar-refractivity contribution in [3.8, 4) is 0 Å². The summed E-state index contributed by atoms with van der Waals surface area (Å²) in [5.74, 6) is -0.988. The van der Waals surface area contributed by atoms with Crippen molar-refractivity contribution in [1.82, 2.24) is 0 Å². The molecule has 0 aliphatic heterocycles. The van der Waals surface area contributed by atoms with E-state index in [9.17, 15) is 4.79 Å². The minimum Gasteiger partial charge on any atom is -0.479 e. The van der Waals surface area contributed by atoms with Gasteiger partial charge in [0.15, 0.2) is 6.10 Å². The molecule has 0 saturated heterocycles. The molecule has 0 spiro atoms. The van der Waals surface area contributed by atoms with Crippen LogP contribution in [0.2, 0.25) is 5.02 Å². The summed E-state index contributed by atoms with van der Waals surface area (Å²) in [6, 6.07) is 7.13. The lowest BCUT2D eigenvalue weighted by Crippen LogP contribution is -2.28. The standard InChI is InChI=1S/C12H16ClNO3.ClH/c1-2-10(12(15)16)17-11(7-14)8-5-3-4-6-9(8)13;/h3-6,10-11H,2,7,14H2,1H3,(H,15,16);1H. The molecule has 2 unspecified atom stereocenters. The highest BCUT2D eigenvalue weighted by Crippen LogP contribution is 2.26. The first-order chi connectivity index (χ1) is 8.10. The lowest BCUT2D eigenvalue weighted by molar-refractivity contribution is -0.154. The average Bonchev–Trinajstić information content (AvgIpc) is 2.31. The molecule has 0 radical (unpaired) electrons. The molecule has 1 aromatic carbocycles. The van der Waals surface area contributed by atoms with E-state index >= 15 is 0 Å². The lowest BCUT2D eigenvalue weighted by Gasteiger charge is -2.21. The fourth-order valence-corrected chi connectivity index (χ4v) is 1.78. The van der Waals surface area contributed by atoms with Gasteiger partial charge in [-0.2, -0.15) is 0 Å². The van der Waals surface area contributed by atoms with E-state index in [-0.39, 0.29) is 19.0 Å². The Labute approximate surface area is 117 Å². The van der Waals surface area contributed by atoms with Gasteiger partial charge in [0.1, 0.15) is 0 Å². The van der Waals surface area contributed by atoms with Crippen LogP contribution in [0.25, 0.3) is 0 Å². The van der Waals surface area contributed by atoms with Crippen molar-refractivity contribution in [2.75, 3.05) is 6.54 Å². The van der Waals surface area contributed by atoms with Gasteiger partial charge in [-0.15, -0.1) is 12.4 Å².